The Labute approximate surface area is 122 Å². The molecule has 3 rings (SSSR count). The molecular formula is C16H17N3O2. The van der Waals surface area contributed by atoms with Crippen LogP contribution in [0.2, 0.25) is 0 Å². The maximum atomic E-state index is 11.2. The smallest absolute Gasteiger partial charge is 0.354 e. The molecule has 2 aromatic heterocycles. The Kier molecular flexibility index (Phi) is 2.86. The van der Waals surface area contributed by atoms with Crippen LogP contribution in [0, 0.1) is 13.8 Å². The van der Waals surface area contributed by atoms with Crippen LogP contribution in [0.25, 0.3) is 22.2 Å². The summed E-state index contributed by atoms with van der Waals surface area (Å²) in [7, 11) is 3.67. The highest BCUT2D eigenvalue weighted by molar-refractivity contribution is 5.98. The molecule has 2 heterocycles. The number of fused-ring (bicyclic) bond motifs is 1. The van der Waals surface area contributed by atoms with Gasteiger partial charge in [-0.15, -0.1) is 0 Å². The zero-order valence-corrected chi connectivity index (χ0v) is 12.5. The highest BCUT2D eigenvalue weighted by Gasteiger charge is 2.19. The molecule has 0 fully saturated rings. The summed E-state index contributed by atoms with van der Waals surface area (Å²) in [5.74, 6) is -0.968. The predicted octanol–water partition coefficient (Wildman–Crippen LogP) is 2.89. The molecule has 0 aliphatic heterocycles. The number of nitrogens with zero attached hydrogens (tertiary/aromatic N) is 3. The molecule has 0 amide bonds. The van der Waals surface area contributed by atoms with Crippen molar-refractivity contribution < 1.29 is 9.90 Å². The van der Waals surface area contributed by atoms with E-state index in [4.69, 9.17) is 0 Å². The first kappa shape index (κ1) is 13.4. The Morgan fingerprint density at radius 3 is 2.52 bits per heavy atom. The largest absolute Gasteiger partial charge is 0.477 e. The van der Waals surface area contributed by atoms with Gasteiger partial charge in [-0.3, -0.25) is 4.68 Å². The first-order valence-electron chi connectivity index (χ1n) is 6.73. The molecule has 3 aromatic rings. The van der Waals surface area contributed by atoms with Gasteiger partial charge < -0.3 is 9.67 Å². The zero-order chi connectivity index (χ0) is 15.3. The fraction of sp³-hybridized carbons (Fsp3) is 0.250. The van der Waals surface area contributed by atoms with Gasteiger partial charge in [0.15, 0.2) is 0 Å². The Bertz CT molecular complexity index is 871. The second-order valence-corrected chi connectivity index (χ2v) is 5.38. The number of carboxylic acids is 1. The van der Waals surface area contributed by atoms with Crippen molar-refractivity contribution >= 4 is 16.9 Å². The number of carbonyl (C=O) groups is 1. The van der Waals surface area contributed by atoms with Gasteiger partial charge in [0.25, 0.3) is 0 Å². The summed E-state index contributed by atoms with van der Waals surface area (Å²) in [6, 6.07) is 7.89. The molecule has 1 aromatic carbocycles. The van der Waals surface area contributed by atoms with Crippen LogP contribution < -0.4 is 0 Å². The normalized spacial score (nSPS) is 11.2. The third-order valence-electron chi connectivity index (χ3n) is 4.00. The minimum absolute atomic E-state index is 0.188. The second-order valence-electron chi connectivity index (χ2n) is 5.38. The molecule has 5 heteroatoms. The summed E-state index contributed by atoms with van der Waals surface area (Å²) in [4.78, 5) is 11.2. The number of aromatic carboxylic acids is 1. The first-order valence-corrected chi connectivity index (χ1v) is 6.73. The Morgan fingerprint density at radius 1 is 1.19 bits per heavy atom. The van der Waals surface area contributed by atoms with Gasteiger partial charge in [-0.25, -0.2) is 4.79 Å². The molecule has 108 valence electrons. The monoisotopic (exact) mass is 283 g/mol. The molecule has 0 aliphatic rings. The molecule has 0 spiro atoms. The van der Waals surface area contributed by atoms with E-state index in [1.54, 1.807) is 13.1 Å². The number of aryl methyl sites for hydroxylation is 3. The van der Waals surface area contributed by atoms with Gasteiger partial charge in [0, 0.05) is 36.3 Å². The number of hydrogen-bond acceptors (Lipinski definition) is 2. The number of benzene rings is 1. The summed E-state index contributed by atoms with van der Waals surface area (Å²) < 4.78 is 3.52. The minimum Gasteiger partial charge on any atom is -0.477 e. The Balaban J connectivity index is 2.32. The lowest BCUT2D eigenvalue weighted by atomic mass is 10.1. The fourth-order valence-corrected chi connectivity index (χ4v) is 2.79. The lowest BCUT2D eigenvalue weighted by molar-refractivity contribution is 0.0685. The van der Waals surface area contributed by atoms with Crippen LogP contribution in [0.5, 0.6) is 0 Å². The van der Waals surface area contributed by atoms with Crippen molar-refractivity contribution in [1.29, 1.82) is 0 Å². The van der Waals surface area contributed by atoms with Crippen molar-refractivity contribution in [3.8, 4) is 11.3 Å². The van der Waals surface area contributed by atoms with E-state index in [9.17, 15) is 9.90 Å². The number of aromatic nitrogens is 3. The van der Waals surface area contributed by atoms with Gasteiger partial charge in [0.05, 0.1) is 5.69 Å². The molecule has 5 nitrogen and oxygen atoms in total. The van der Waals surface area contributed by atoms with Gasteiger partial charge in [-0.2, -0.15) is 5.10 Å². The molecule has 0 unspecified atom stereocenters. The van der Waals surface area contributed by atoms with Crippen LogP contribution in [-0.4, -0.2) is 25.4 Å². The van der Waals surface area contributed by atoms with Crippen LogP contribution in [-0.2, 0) is 14.1 Å². The Hall–Kier alpha value is -2.56. The van der Waals surface area contributed by atoms with Crippen molar-refractivity contribution in [3.05, 3.63) is 41.2 Å². The molecule has 0 aliphatic carbocycles. The van der Waals surface area contributed by atoms with Gasteiger partial charge in [-0.05, 0) is 31.5 Å². The molecule has 21 heavy (non-hydrogen) atoms. The van der Waals surface area contributed by atoms with E-state index in [0.29, 0.717) is 5.69 Å². The van der Waals surface area contributed by atoms with E-state index in [1.807, 2.05) is 14.0 Å². The fourth-order valence-electron chi connectivity index (χ4n) is 2.79. The molecule has 0 radical (unpaired) electrons. The van der Waals surface area contributed by atoms with Crippen LogP contribution in [0.15, 0.2) is 24.3 Å². The van der Waals surface area contributed by atoms with Gasteiger partial charge >= 0.3 is 5.97 Å². The maximum absolute atomic E-state index is 11.2. The summed E-state index contributed by atoms with van der Waals surface area (Å²) >= 11 is 0. The van der Waals surface area contributed by atoms with Gasteiger partial charge in [-0.1, -0.05) is 12.1 Å². The van der Waals surface area contributed by atoms with Gasteiger partial charge in [0.2, 0.25) is 0 Å². The zero-order valence-electron chi connectivity index (χ0n) is 12.5. The maximum Gasteiger partial charge on any atom is 0.354 e. The van der Waals surface area contributed by atoms with Crippen molar-refractivity contribution in [2.24, 2.45) is 14.1 Å². The first-order chi connectivity index (χ1) is 9.90. The van der Waals surface area contributed by atoms with Crippen molar-refractivity contribution in [2.45, 2.75) is 13.8 Å². The molecule has 0 saturated carbocycles. The van der Waals surface area contributed by atoms with E-state index in [0.717, 1.165) is 22.2 Å². The van der Waals surface area contributed by atoms with Crippen LogP contribution in [0.1, 0.15) is 21.7 Å². The highest BCUT2D eigenvalue weighted by Crippen LogP contribution is 2.34. The average Bonchev–Trinajstić information content (AvgIpc) is 2.91. The van der Waals surface area contributed by atoms with E-state index in [-0.39, 0.29) is 5.69 Å². The lowest BCUT2D eigenvalue weighted by Gasteiger charge is -1.99. The quantitative estimate of drug-likeness (QED) is 0.786. The van der Waals surface area contributed by atoms with Gasteiger partial charge in [0.1, 0.15) is 5.69 Å². The topological polar surface area (TPSA) is 60.0 Å². The summed E-state index contributed by atoms with van der Waals surface area (Å²) in [6.45, 7) is 4.09. The number of rotatable bonds is 2. The molecule has 1 N–H and O–H groups in total. The summed E-state index contributed by atoms with van der Waals surface area (Å²) in [6.07, 6.45) is 0. The van der Waals surface area contributed by atoms with Crippen LogP contribution >= 0.6 is 0 Å². The third kappa shape index (κ3) is 1.93. The Morgan fingerprint density at radius 2 is 1.90 bits per heavy atom. The highest BCUT2D eigenvalue weighted by atomic mass is 16.4. The van der Waals surface area contributed by atoms with Crippen LogP contribution in [0.4, 0.5) is 0 Å². The standard InChI is InChI=1S/C16H17N3O2/c1-9-5-6-11-13(7-9)18(3)10(2)15(11)12-8-14(16(20)21)19(4)17-12/h5-8H,1-4H3,(H,20,21). The molecule has 0 bridgehead atoms. The average molecular weight is 283 g/mol. The van der Waals surface area contributed by atoms with Crippen molar-refractivity contribution in [2.75, 3.05) is 0 Å². The predicted molar refractivity (Wildman–Crippen MR) is 81.6 cm³/mol. The van der Waals surface area contributed by atoms with E-state index < -0.39 is 5.97 Å². The van der Waals surface area contributed by atoms with E-state index in [1.165, 1.54) is 10.2 Å². The lowest BCUT2D eigenvalue weighted by Crippen LogP contribution is -2.04. The second kappa shape index (κ2) is 4.48. The SMILES string of the molecule is Cc1ccc2c(-c3cc(C(=O)O)n(C)n3)c(C)n(C)c2c1. The number of hydrogen-bond donors (Lipinski definition) is 1. The van der Waals surface area contributed by atoms with E-state index >= 15 is 0 Å². The molecule has 0 atom stereocenters. The summed E-state index contributed by atoms with van der Waals surface area (Å²) in [5, 5.41) is 14.6. The van der Waals surface area contributed by atoms with E-state index in [2.05, 4.69) is 34.8 Å². The van der Waals surface area contributed by atoms with Crippen molar-refractivity contribution in [3.63, 3.8) is 0 Å². The van der Waals surface area contributed by atoms with Crippen LogP contribution in [0.3, 0.4) is 0 Å². The minimum atomic E-state index is -0.968. The third-order valence-corrected chi connectivity index (χ3v) is 4.00. The number of carboxylic acid groups (broad SMARTS) is 1. The summed E-state index contributed by atoms with van der Waals surface area (Å²) in [5.41, 5.74) is 5.28. The molecule has 0 saturated heterocycles. The van der Waals surface area contributed by atoms with Crippen molar-refractivity contribution in [1.82, 2.24) is 14.3 Å². The molecular weight excluding hydrogens is 266 g/mol.